The summed E-state index contributed by atoms with van der Waals surface area (Å²) in [6.45, 7) is 4.00. The first-order chi connectivity index (χ1) is 12.1. The van der Waals surface area contributed by atoms with Gasteiger partial charge in [-0.3, -0.25) is 0 Å². The largest absolute Gasteiger partial charge is 0.494 e. The highest BCUT2D eigenvalue weighted by molar-refractivity contribution is 9.10. The van der Waals surface area contributed by atoms with Gasteiger partial charge in [0, 0.05) is 9.86 Å². The van der Waals surface area contributed by atoms with E-state index in [2.05, 4.69) is 36.4 Å². The molecule has 0 amide bonds. The summed E-state index contributed by atoms with van der Waals surface area (Å²) < 4.78 is 19.8. The number of nitrogens with one attached hydrogen (secondary N) is 1. The molecule has 0 fully saturated rings. The van der Waals surface area contributed by atoms with Crippen molar-refractivity contribution < 1.29 is 9.13 Å². The molecule has 6 nitrogen and oxygen atoms in total. The smallest absolute Gasteiger partial charge is 0.152 e. The number of nitrogens with zero attached hydrogens (tertiary/aromatic N) is 3. The van der Waals surface area contributed by atoms with Gasteiger partial charge in [0.1, 0.15) is 23.7 Å². The Bertz CT molecular complexity index is 905. The van der Waals surface area contributed by atoms with Crippen molar-refractivity contribution in [2.75, 3.05) is 12.4 Å². The predicted octanol–water partition coefficient (Wildman–Crippen LogP) is 5.71. The van der Waals surface area contributed by atoms with E-state index in [0.29, 0.717) is 26.9 Å². The van der Waals surface area contributed by atoms with E-state index in [1.807, 2.05) is 13.8 Å². The molecule has 130 valence electrons. The fourth-order valence-electron chi connectivity index (χ4n) is 2.13. The SMILES string of the molecule is CC.COc1cc2c(Nc3ccc(Br)cc3F)ncnc2cc1N=O. The number of benzene rings is 2. The van der Waals surface area contributed by atoms with Crippen LogP contribution in [0.15, 0.2) is 46.3 Å². The first-order valence-electron chi connectivity index (χ1n) is 7.50. The Balaban J connectivity index is 0.00000109. The molecule has 0 atom stereocenters. The average Bonchev–Trinajstić information content (AvgIpc) is 2.64. The van der Waals surface area contributed by atoms with Gasteiger partial charge in [-0.2, -0.15) is 0 Å². The minimum atomic E-state index is -0.427. The molecule has 0 saturated heterocycles. The molecule has 0 aliphatic carbocycles. The van der Waals surface area contributed by atoms with Gasteiger partial charge < -0.3 is 10.1 Å². The quantitative estimate of drug-likeness (QED) is 0.561. The summed E-state index contributed by atoms with van der Waals surface area (Å²) in [5.41, 5.74) is 0.902. The summed E-state index contributed by atoms with van der Waals surface area (Å²) in [7, 11) is 1.43. The van der Waals surface area contributed by atoms with E-state index in [4.69, 9.17) is 4.74 Å². The maximum absolute atomic E-state index is 14.0. The van der Waals surface area contributed by atoms with Crippen molar-refractivity contribution in [3.8, 4) is 5.75 Å². The van der Waals surface area contributed by atoms with E-state index in [0.717, 1.165) is 0 Å². The molecular formula is C17H16BrFN4O2. The van der Waals surface area contributed by atoms with Crippen LogP contribution in [-0.4, -0.2) is 17.1 Å². The van der Waals surface area contributed by atoms with Gasteiger partial charge in [-0.05, 0) is 35.5 Å². The van der Waals surface area contributed by atoms with Crippen molar-refractivity contribution in [1.29, 1.82) is 0 Å². The van der Waals surface area contributed by atoms with E-state index in [9.17, 15) is 9.30 Å². The van der Waals surface area contributed by atoms with Gasteiger partial charge in [-0.15, -0.1) is 4.91 Å². The summed E-state index contributed by atoms with van der Waals surface area (Å²) in [5, 5.41) is 6.41. The lowest BCUT2D eigenvalue weighted by Gasteiger charge is -2.11. The van der Waals surface area contributed by atoms with Crippen molar-refractivity contribution in [2.24, 2.45) is 5.18 Å². The highest BCUT2D eigenvalue weighted by atomic mass is 79.9. The van der Waals surface area contributed by atoms with Gasteiger partial charge in [0.25, 0.3) is 0 Å². The number of hydrogen-bond donors (Lipinski definition) is 1. The minimum Gasteiger partial charge on any atom is -0.494 e. The van der Waals surface area contributed by atoms with E-state index in [1.165, 1.54) is 25.6 Å². The summed E-state index contributed by atoms with van der Waals surface area (Å²) in [6.07, 6.45) is 1.32. The molecule has 2 aromatic carbocycles. The fraction of sp³-hybridized carbons (Fsp3) is 0.176. The molecule has 1 N–H and O–H groups in total. The third-order valence-corrected chi connectivity index (χ3v) is 3.71. The van der Waals surface area contributed by atoms with Gasteiger partial charge in [-0.25, -0.2) is 14.4 Å². The molecule has 0 radical (unpaired) electrons. The molecule has 3 aromatic rings. The molecule has 3 rings (SSSR count). The summed E-state index contributed by atoms with van der Waals surface area (Å²) in [6, 6.07) is 7.73. The molecule has 1 aromatic heterocycles. The summed E-state index contributed by atoms with van der Waals surface area (Å²) in [4.78, 5) is 19.1. The lowest BCUT2D eigenvalue weighted by molar-refractivity contribution is 0.416. The van der Waals surface area contributed by atoms with Crippen LogP contribution < -0.4 is 10.1 Å². The number of ether oxygens (including phenoxy) is 1. The zero-order valence-electron chi connectivity index (χ0n) is 13.9. The summed E-state index contributed by atoms with van der Waals surface area (Å²) in [5.74, 6) is 0.262. The second-order valence-corrected chi connectivity index (χ2v) is 5.52. The van der Waals surface area contributed by atoms with Crippen LogP contribution >= 0.6 is 15.9 Å². The molecule has 0 spiro atoms. The van der Waals surface area contributed by atoms with Crippen LogP contribution in [0.2, 0.25) is 0 Å². The standard InChI is InChI=1S/C15H10BrFN4O2.C2H6/c1-23-14-5-9-12(6-13(14)21-22)18-7-19-15(9)20-11-3-2-8(16)4-10(11)17;1-2/h2-7H,1H3,(H,18,19,20);1-2H3. The monoisotopic (exact) mass is 406 g/mol. The van der Waals surface area contributed by atoms with E-state index in [-0.39, 0.29) is 11.4 Å². The van der Waals surface area contributed by atoms with Gasteiger partial charge in [0.15, 0.2) is 5.69 Å². The van der Waals surface area contributed by atoms with Crippen molar-refractivity contribution >= 4 is 44.0 Å². The number of rotatable bonds is 4. The van der Waals surface area contributed by atoms with Crippen LogP contribution in [0.4, 0.5) is 21.6 Å². The van der Waals surface area contributed by atoms with Crippen LogP contribution in [0, 0.1) is 10.7 Å². The highest BCUT2D eigenvalue weighted by Gasteiger charge is 2.12. The van der Waals surface area contributed by atoms with Crippen LogP contribution in [0.25, 0.3) is 10.9 Å². The number of halogens is 2. The molecule has 25 heavy (non-hydrogen) atoms. The Morgan fingerprint density at radius 3 is 2.60 bits per heavy atom. The predicted molar refractivity (Wildman–Crippen MR) is 100 cm³/mol. The average molecular weight is 407 g/mol. The van der Waals surface area contributed by atoms with E-state index >= 15 is 0 Å². The lowest BCUT2D eigenvalue weighted by atomic mass is 10.2. The van der Waals surface area contributed by atoms with Crippen molar-refractivity contribution in [1.82, 2.24) is 9.97 Å². The second-order valence-electron chi connectivity index (χ2n) is 4.60. The van der Waals surface area contributed by atoms with Crippen LogP contribution in [0.5, 0.6) is 5.75 Å². The normalized spacial score (nSPS) is 9.96. The minimum absolute atomic E-state index is 0.138. The third kappa shape index (κ3) is 4.08. The first-order valence-corrected chi connectivity index (χ1v) is 8.30. The zero-order chi connectivity index (χ0) is 18.4. The molecule has 1 heterocycles. The van der Waals surface area contributed by atoms with Crippen LogP contribution in [0.1, 0.15) is 13.8 Å². The Labute approximate surface area is 152 Å². The van der Waals surface area contributed by atoms with E-state index < -0.39 is 5.82 Å². The summed E-state index contributed by atoms with van der Waals surface area (Å²) >= 11 is 3.21. The molecule has 0 aliphatic rings. The Morgan fingerprint density at radius 1 is 1.20 bits per heavy atom. The Morgan fingerprint density at radius 2 is 1.96 bits per heavy atom. The maximum atomic E-state index is 14.0. The third-order valence-electron chi connectivity index (χ3n) is 3.22. The molecule has 0 bridgehead atoms. The van der Waals surface area contributed by atoms with Gasteiger partial charge in [0.2, 0.25) is 0 Å². The Hall–Kier alpha value is -2.61. The van der Waals surface area contributed by atoms with Crippen LogP contribution in [-0.2, 0) is 0 Å². The van der Waals surface area contributed by atoms with E-state index in [1.54, 1.807) is 18.2 Å². The lowest BCUT2D eigenvalue weighted by Crippen LogP contribution is -1.98. The number of fused-ring (bicyclic) bond motifs is 1. The number of aromatic nitrogens is 2. The zero-order valence-corrected chi connectivity index (χ0v) is 15.5. The van der Waals surface area contributed by atoms with Crippen molar-refractivity contribution in [2.45, 2.75) is 13.8 Å². The van der Waals surface area contributed by atoms with Crippen molar-refractivity contribution in [3.63, 3.8) is 0 Å². The van der Waals surface area contributed by atoms with Gasteiger partial charge in [0.05, 0.1) is 18.3 Å². The van der Waals surface area contributed by atoms with Crippen LogP contribution in [0.3, 0.4) is 0 Å². The fourth-order valence-corrected chi connectivity index (χ4v) is 2.46. The Kier molecular flexibility index (Phi) is 6.35. The number of methoxy groups -OCH3 is 1. The number of anilines is 2. The molecular weight excluding hydrogens is 391 g/mol. The highest BCUT2D eigenvalue weighted by Crippen LogP contribution is 2.35. The van der Waals surface area contributed by atoms with Gasteiger partial charge >= 0.3 is 0 Å². The molecule has 0 saturated carbocycles. The topological polar surface area (TPSA) is 76.5 Å². The maximum Gasteiger partial charge on any atom is 0.152 e. The number of hydrogen-bond acceptors (Lipinski definition) is 6. The molecule has 0 aliphatic heterocycles. The second kappa shape index (κ2) is 8.48. The van der Waals surface area contributed by atoms with Crippen molar-refractivity contribution in [3.05, 3.63) is 51.9 Å². The first kappa shape index (κ1) is 18.7. The van der Waals surface area contributed by atoms with Gasteiger partial charge in [-0.1, -0.05) is 29.8 Å². The molecule has 8 heteroatoms. The molecule has 0 unspecified atom stereocenters. The number of nitroso groups, excluding NO2 is 1.